The highest BCUT2D eigenvalue weighted by atomic mass is 16.5. The minimum absolute atomic E-state index is 0.0798. The van der Waals surface area contributed by atoms with Crippen molar-refractivity contribution in [2.45, 2.75) is 0 Å². The molecule has 0 saturated carbocycles. The molecule has 2 heterocycles. The van der Waals surface area contributed by atoms with Gasteiger partial charge in [0.25, 0.3) is 5.91 Å². The monoisotopic (exact) mass is 307 g/mol. The van der Waals surface area contributed by atoms with E-state index in [4.69, 9.17) is 0 Å². The lowest BCUT2D eigenvalue weighted by atomic mass is 10.2. The van der Waals surface area contributed by atoms with E-state index in [1.54, 1.807) is 18.3 Å². The summed E-state index contributed by atoms with van der Waals surface area (Å²) in [7, 11) is 1.26. The predicted octanol–water partition coefficient (Wildman–Crippen LogP) is 2.67. The van der Waals surface area contributed by atoms with Crippen molar-refractivity contribution < 1.29 is 14.3 Å². The van der Waals surface area contributed by atoms with Crippen molar-refractivity contribution in [3.05, 3.63) is 66.1 Å². The van der Waals surface area contributed by atoms with E-state index < -0.39 is 11.9 Å². The van der Waals surface area contributed by atoms with Crippen LogP contribution in [-0.2, 0) is 4.74 Å². The lowest BCUT2D eigenvalue weighted by molar-refractivity contribution is 0.0594. The van der Waals surface area contributed by atoms with Crippen molar-refractivity contribution in [2.75, 3.05) is 12.4 Å². The maximum absolute atomic E-state index is 12.4. The third-order valence-electron chi connectivity index (χ3n) is 3.26. The molecule has 1 amide bonds. The second-order valence-corrected chi connectivity index (χ2v) is 4.73. The number of carbonyl (C=O) groups is 2. The fraction of sp³-hybridized carbons (Fsp3) is 0.0588. The molecule has 0 bridgehead atoms. The summed E-state index contributed by atoms with van der Waals surface area (Å²) in [5, 5.41) is 3.69. The SMILES string of the molecule is COC(=O)c1cccc(C(=O)Nc2cccc3cccnc23)n1. The van der Waals surface area contributed by atoms with Gasteiger partial charge in [-0.05, 0) is 24.3 Å². The van der Waals surface area contributed by atoms with Crippen LogP contribution >= 0.6 is 0 Å². The van der Waals surface area contributed by atoms with Crippen LogP contribution in [0.15, 0.2) is 54.7 Å². The number of nitrogens with one attached hydrogen (secondary N) is 1. The van der Waals surface area contributed by atoms with Gasteiger partial charge in [0.2, 0.25) is 0 Å². The number of benzene rings is 1. The number of rotatable bonds is 3. The molecule has 1 N–H and O–H groups in total. The number of hydrogen-bond donors (Lipinski definition) is 1. The van der Waals surface area contributed by atoms with Gasteiger partial charge in [-0.2, -0.15) is 0 Å². The van der Waals surface area contributed by atoms with E-state index in [1.807, 2.05) is 24.3 Å². The van der Waals surface area contributed by atoms with Gasteiger partial charge in [-0.1, -0.05) is 24.3 Å². The van der Waals surface area contributed by atoms with Crippen LogP contribution in [0, 0.1) is 0 Å². The maximum Gasteiger partial charge on any atom is 0.356 e. The zero-order chi connectivity index (χ0) is 16.2. The average Bonchev–Trinajstić information content (AvgIpc) is 2.61. The van der Waals surface area contributed by atoms with Gasteiger partial charge in [0.05, 0.1) is 18.3 Å². The third kappa shape index (κ3) is 3.01. The largest absolute Gasteiger partial charge is 0.464 e. The minimum atomic E-state index is -0.591. The maximum atomic E-state index is 12.4. The van der Waals surface area contributed by atoms with Crippen molar-refractivity contribution in [3.8, 4) is 0 Å². The van der Waals surface area contributed by atoms with Gasteiger partial charge in [0.15, 0.2) is 0 Å². The zero-order valence-electron chi connectivity index (χ0n) is 12.3. The van der Waals surface area contributed by atoms with Crippen molar-refractivity contribution in [3.63, 3.8) is 0 Å². The molecule has 0 radical (unpaired) electrons. The number of amides is 1. The molecular weight excluding hydrogens is 294 g/mol. The van der Waals surface area contributed by atoms with Crippen LogP contribution in [0.25, 0.3) is 10.9 Å². The van der Waals surface area contributed by atoms with E-state index in [0.717, 1.165) is 5.39 Å². The Morgan fingerprint density at radius 1 is 1.00 bits per heavy atom. The highest BCUT2D eigenvalue weighted by molar-refractivity contribution is 6.07. The average molecular weight is 307 g/mol. The Morgan fingerprint density at radius 2 is 1.74 bits per heavy atom. The first-order chi connectivity index (χ1) is 11.2. The van der Waals surface area contributed by atoms with Gasteiger partial charge >= 0.3 is 5.97 Å². The Kier molecular flexibility index (Phi) is 3.97. The first-order valence-corrected chi connectivity index (χ1v) is 6.89. The summed E-state index contributed by atoms with van der Waals surface area (Å²) in [6.07, 6.45) is 1.66. The van der Waals surface area contributed by atoms with Crippen molar-refractivity contribution in [1.82, 2.24) is 9.97 Å². The molecule has 6 heteroatoms. The smallest absolute Gasteiger partial charge is 0.356 e. The fourth-order valence-corrected chi connectivity index (χ4v) is 2.17. The molecule has 114 valence electrons. The molecule has 0 spiro atoms. The zero-order valence-corrected chi connectivity index (χ0v) is 12.3. The summed E-state index contributed by atoms with van der Waals surface area (Å²) >= 11 is 0. The van der Waals surface area contributed by atoms with Crippen LogP contribution in [0.2, 0.25) is 0 Å². The Balaban J connectivity index is 1.91. The van der Waals surface area contributed by atoms with Gasteiger partial charge in [-0.15, -0.1) is 0 Å². The van der Waals surface area contributed by atoms with Crippen molar-refractivity contribution in [2.24, 2.45) is 0 Å². The number of ether oxygens (including phenoxy) is 1. The number of methoxy groups -OCH3 is 1. The van der Waals surface area contributed by atoms with E-state index in [1.165, 1.54) is 19.2 Å². The Hall–Kier alpha value is -3.28. The summed E-state index contributed by atoms with van der Waals surface area (Å²) in [6.45, 7) is 0. The van der Waals surface area contributed by atoms with Crippen LogP contribution in [0.4, 0.5) is 5.69 Å². The minimum Gasteiger partial charge on any atom is -0.464 e. The lowest BCUT2D eigenvalue weighted by Crippen LogP contribution is -2.16. The fourth-order valence-electron chi connectivity index (χ4n) is 2.17. The first-order valence-electron chi connectivity index (χ1n) is 6.89. The summed E-state index contributed by atoms with van der Waals surface area (Å²) < 4.78 is 4.60. The number of aromatic nitrogens is 2. The Bertz CT molecular complexity index is 888. The van der Waals surface area contributed by atoms with Gasteiger partial charge in [0, 0.05) is 11.6 Å². The molecule has 0 unspecified atom stereocenters. The number of carbonyl (C=O) groups excluding carboxylic acids is 2. The molecule has 3 aromatic rings. The molecule has 3 rings (SSSR count). The van der Waals surface area contributed by atoms with Crippen LogP contribution in [0.3, 0.4) is 0 Å². The topological polar surface area (TPSA) is 81.2 Å². The third-order valence-corrected chi connectivity index (χ3v) is 3.26. The second-order valence-electron chi connectivity index (χ2n) is 4.73. The van der Waals surface area contributed by atoms with Gasteiger partial charge in [-0.3, -0.25) is 9.78 Å². The number of hydrogen-bond acceptors (Lipinski definition) is 5. The molecule has 0 aliphatic heterocycles. The van der Waals surface area contributed by atoms with Gasteiger partial charge in [-0.25, -0.2) is 9.78 Å². The summed E-state index contributed by atoms with van der Waals surface area (Å²) in [4.78, 5) is 32.2. The van der Waals surface area contributed by atoms with E-state index in [9.17, 15) is 9.59 Å². The first kappa shape index (κ1) is 14.6. The van der Waals surface area contributed by atoms with Gasteiger partial charge in [0.1, 0.15) is 11.4 Å². The number of pyridine rings is 2. The highest BCUT2D eigenvalue weighted by Crippen LogP contribution is 2.21. The molecule has 0 fully saturated rings. The van der Waals surface area contributed by atoms with Gasteiger partial charge < -0.3 is 10.1 Å². The number of anilines is 1. The molecular formula is C17H13N3O3. The molecule has 23 heavy (non-hydrogen) atoms. The molecule has 1 aromatic carbocycles. The highest BCUT2D eigenvalue weighted by Gasteiger charge is 2.13. The quantitative estimate of drug-likeness (QED) is 0.752. The molecule has 0 aliphatic rings. The molecule has 2 aromatic heterocycles. The number of para-hydroxylation sites is 1. The number of fused-ring (bicyclic) bond motifs is 1. The summed E-state index contributed by atoms with van der Waals surface area (Å²) in [6, 6.07) is 13.8. The molecule has 6 nitrogen and oxygen atoms in total. The van der Waals surface area contributed by atoms with E-state index >= 15 is 0 Å². The van der Waals surface area contributed by atoms with E-state index in [0.29, 0.717) is 11.2 Å². The number of esters is 1. The second kappa shape index (κ2) is 6.23. The summed E-state index contributed by atoms with van der Waals surface area (Å²) in [5.74, 6) is -1.01. The van der Waals surface area contributed by atoms with Crippen LogP contribution in [-0.4, -0.2) is 29.0 Å². The molecule has 0 saturated heterocycles. The van der Waals surface area contributed by atoms with Crippen LogP contribution < -0.4 is 5.32 Å². The number of nitrogens with zero attached hydrogens (tertiary/aromatic N) is 2. The Morgan fingerprint density at radius 3 is 2.57 bits per heavy atom. The normalized spacial score (nSPS) is 10.3. The summed E-state index contributed by atoms with van der Waals surface area (Å²) in [5.41, 5.74) is 1.47. The van der Waals surface area contributed by atoms with E-state index in [2.05, 4.69) is 20.0 Å². The van der Waals surface area contributed by atoms with Crippen molar-refractivity contribution >= 4 is 28.5 Å². The standard InChI is InChI=1S/C17H13N3O3/c1-23-17(22)14-9-3-8-13(19-14)16(21)20-12-7-2-5-11-6-4-10-18-15(11)12/h2-10H,1H3,(H,20,21). The van der Waals surface area contributed by atoms with Crippen LogP contribution in [0.5, 0.6) is 0 Å². The molecule has 0 atom stereocenters. The molecule has 0 aliphatic carbocycles. The van der Waals surface area contributed by atoms with Crippen LogP contribution in [0.1, 0.15) is 21.0 Å². The van der Waals surface area contributed by atoms with Crippen molar-refractivity contribution in [1.29, 1.82) is 0 Å². The lowest BCUT2D eigenvalue weighted by Gasteiger charge is -2.08. The Labute approximate surface area is 132 Å². The van der Waals surface area contributed by atoms with E-state index in [-0.39, 0.29) is 11.4 Å². The predicted molar refractivity (Wildman–Crippen MR) is 85.3 cm³/mol.